The van der Waals surface area contributed by atoms with E-state index in [0.717, 1.165) is 0 Å². The van der Waals surface area contributed by atoms with Crippen LogP contribution in [0, 0.1) is 0 Å². The van der Waals surface area contributed by atoms with E-state index in [9.17, 15) is 18.0 Å². The van der Waals surface area contributed by atoms with Gasteiger partial charge in [-0.15, -0.1) is 0 Å². The average molecular weight is 305 g/mol. The molecule has 0 aliphatic rings. The van der Waals surface area contributed by atoms with Gasteiger partial charge in [0.1, 0.15) is 5.75 Å². The number of benzene rings is 1. The molecular weight excluding hydrogens is 287 g/mol. The van der Waals surface area contributed by atoms with Crippen molar-refractivity contribution in [3.05, 3.63) is 29.8 Å². The van der Waals surface area contributed by atoms with Crippen LogP contribution in [0.15, 0.2) is 24.3 Å². The topological polar surface area (TPSA) is 49.8 Å². The SMILES string of the molecule is CN(CCCOc1ccc(C(=O)O)cc1)CCC(F)(F)F. The molecule has 118 valence electrons. The van der Waals surface area contributed by atoms with E-state index in [4.69, 9.17) is 9.84 Å². The van der Waals surface area contributed by atoms with Crippen molar-refractivity contribution in [1.29, 1.82) is 0 Å². The summed E-state index contributed by atoms with van der Waals surface area (Å²) in [4.78, 5) is 12.3. The highest BCUT2D eigenvalue weighted by atomic mass is 19.4. The van der Waals surface area contributed by atoms with E-state index < -0.39 is 18.6 Å². The van der Waals surface area contributed by atoms with Crippen LogP contribution in [0.1, 0.15) is 23.2 Å². The van der Waals surface area contributed by atoms with Crippen molar-refractivity contribution in [2.45, 2.75) is 19.0 Å². The number of ether oxygens (including phenoxy) is 1. The Kier molecular flexibility index (Phi) is 6.48. The van der Waals surface area contributed by atoms with Crippen LogP contribution in [0.3, 0.4) is 0 Å². The van der Waals surface area contributed by atoms with Crippen LogP contribution >= 0.6 is 0 Å². The molecule has 0 aliphatic carbocycles. The molecule has 0 fully saturated rings. The minimum absolute atomic E-state index is 0.0309. The first-order chi connectivity index (χ1) is 9.78. The van der Waals surface area contributed by atoms with Crippen molar-refractivity contribution in [2.24, 2.45) is 0 Å². The van der Waals surface area contributed by atoms with Gasteiger partial charge in [0, 0.05) is 13.1 Å². The number of nitrogens with zero attached hydrogens (tertiary/aromatic N) is 1. The van der Waals surface area contributed by atoms with Gasteiger partial charge in [-0.1, -0.05) is 0 Å². The zero-order valence-electron chi connectivity index (χ0n) is 11.7. The average Bonchev–Trinajstić information content (AvgIpc) is 2.41. The van der Waals surface area contributed by atoms with E-state index in [2.05, 4.69) is 0 Å². The lowest BCUT2D eigenvalue weighted by atomic mass is 10.2. The molecule has 1 aromatic carbocycles. The summed E-state index contributed by atoms with van der Waals surface area (Å²) < 4.78 is 41.5. The lowest BCUT2D eigenvalue weighted by Gasteiger charge is -2.17. The van der Waals surface area contributed by atoms with Crippen molar-refractivity contribution in [3.8, 4) is 5.75 Å². The number of carbonyl (C=O) groups is 1. The van der Waals surface area contributed by atoms with Crippen LogP contribution in [-0.2, 0) is 0 Å². The maximum atomic E-state index is 12.0. The Morgan fingerprint density at radius 3 is 2.38 bits per heavy atom. The fourth-order valence-electron chi connectivity index (χ4n) is 1.65. The van der Waals surface area contributed by atoms with Gasteiger partial charge in [0.05, 0.1) is 18.6 Å². The van der Waals surface area contributed by atoms with Crippen molar-refractivity contribution in [2.75, 3.05) is 26.7 Å². The van der Waals surface area contributed by atoms with Crippen molar-refractivity contribution < 1.29 is 27.8 Å². The molecule has 0 radical (unpaired) electrons. The van der Waals surface area contributed by atoms with Gasteiger partial charge in [-0.3, -0.25) is 0 Å². The lowest BCUT2D eigenvalue weighted by molar-refractivity contribution is -0.137. The highest BCUT2D eigenvalue weighted by Crippen LogP contribution is 2.19. The zero-order valence-corrected chi connectivity index (χ0v) is 11.7. The van der Waals surface area contributed by atoms with Crippen LogP contribution in [0.5, 0.6) is 5.75 Å². The highest BCUT2D eigenvalue weighted by Gasteiger charge is 2.26. The summed E-state index contributed by atoms with van der Waals surface area (Å²) in [5.74, 6) is -0.467. The van der Waals surface area contributed by atoms with Crippen molar-refractivity contribution >= 4 is 5.97 Å². The zero-order chi connectivity index (χ0) is 15.9. The quantitative estimate of drug-likeness (QED) is 0.750. The first kappa shape index (κ1) is 17.3. The summed E-state index contributed by atoms with van der Waals surface area (Å²) in [7, 11) is 1.63. The lowest BCUT2D eigenvalue weighted by Crippen LogP contribution is -2.26. The molecule has 0 bridgehead atoms. The molecule has 0 aliphatic heterocycles. The highest BCUT2D eigenvalue weighted by molar-refractivity contribution is 5.87. The van der Waals surface area contributed by atoms with Gasteiger partial charge in [0.2, 0.25) is 0 Å². The molecule has 0 amide bonds. The van der Waals surface area contributed by atoms with Crippen LogP contribution in [0.2, 0.25) is 0 Å². The third-order valence-electron chi connectivity index (χ3n) is 2.83. The number of halogens is 3. The van der Waals surface area contributed by atoms with Crippen LogP contribution in [0.25, 0.3) is 0 Å². The smallest absolute Gasteiger partial charge is 0.390 e. The number of rotatable bonds is 8. The number of alkyl halides is 3. The van der Waals surface area contributed by atoms with Gasteiger partial charge >= 0.3 is 12.1 Å². The Morgan fingerprint density at radius 1 is 1.24 bits per heavy atom. The van der Waals surface area contributed by atoms with E-state index in [1.807, 2.05) is 0 Å². The Morgan fingerprint density at radius 2 is 1.86 bits per heavy atom. The van der Waals surface area contributed by atoms with Gasteiger partial charge < -0.3 is 14.7 Å². The fourth-order valence-corrected chi connectivity index (χ4v) is 1.65. The molecule has 0 saturated heterocycles. The molecule has 0 saturated carbocycles. The van der Waals surface area contributed by atoms with Gasteiger partial charge in [-0.2, -0.15) is 13.2 Å². The van der Waals surface area contributed by atoms with Crippen molar-refractivity contribution in [3.63, 3.8) is 0 Å². The molecule has 0 spiro atoms. The number of aromatic carboxylic acids is 1. The van der Waals surface area contributed by atoms with E-state index in [-0.39, 0.29) is 12.1 Å². The van der Waals surface area contributed by atoms with Crippen molar-refractivity contribution in [1.82, 2.24) is 4.90 Å². The maximum Gasteiger partial charge on any atom is 0.390 e. The minimum atomic E-state index is -4.13. The third kappa shape index (κ3) is 7.55. The Labute approximate surface area is 121 Å². The molecule has 1 rings (SSSR count). The normalized spacial score (nSPS) is 11.7. The Hall–Kier alpha value is -1.76. The molecule has 7 heteroatoms. The van der Waals surface area contributed by atoms with E-state index >= 15 is 0 Å². The van der Waals surface area contributed by atoms with Crippen LogP contribution < -0.4 is 4.74 Å². The summed E-state index contributed by atoms with van der Waals surface area (Å²) >= 11 is 0. The Bertz CT molecular complexity index is 446. The molecule has 1 N–H and O–H groups in total. The molecule has 0 heterocycles. The predicted molar refractivity (Wildman–Crippen MR) is 71.7 cm³/mol. The van der Waals surface area contributed by atoms with Crippen LogP contribution in [0.4, 0.5) is 13.2 Å². The summed E-state index contributed by atoms with van der Waals surface area (Å²) in [5.41, 5.74) is 0.175. The molecular formula is C14H18F3NO3. The van der Waals surface area contributed by atoms with Gasteiger partial charge in [-0.05, 0) is 37.7 Å². The van der Waals surface area contributed by atoms with E-state index in [1.165, 1.54) is 12.1 Å². The fraction of sp³-hybridized carbons (Fsp3) is 0.500. The second-order valence-corrected chi connectivity index (χ2v) is 4.70. The summed E-state index contributed by atoms with van der Waals surface area (Å²) in [5, 5.41) is 8.73. The Balaban J connectivity index is 2.20. The molecule has 0 atom stereocenters. The predicted octanol–water partition coefficient (Wildman–Crippen LogP) is 3.04. The number of hydrogen-bond acceptors (Lipinski definition) is 3. The monoisotopic (exact) mass is 305 g/mol. The number of carboxylic acids is 1. The van der Waals surface area contributed by atoms with Gasteiger partial charge in [0.25, 0.3) is 0 Å². The third-order valence-corrected chi connectivity index (χ3v) is 2.83. The number of carboxylic acid groups (broad SMARTS) is 1. The van der Waals surface area contributed by atoms with E-state index in [0.29, 0.717) is 25.3 Å². The summed E-state index contributed by atoms with van der Waals surface area (Å²) in [6.45, 7) is 0.836. The molecule has 0 aromatic heterocycles. The van der Waals surface area contributed by atoms with Gasteiger partial charge in [0.15, 0.2) is 0 Å². The van der Waals surface area contributed by atoms with Gasteiger partial charge in [-0.25, -0.2) is 4.79 Å². The molecule has 1 aromatic rings. The largest absolute Gasteiger partial charge is 0.494 e. The summed E-state index contributed by atoms with van der Waals surface area (Å²) in [6, 6.07) is 5.98. The first-order valence-corrected chi connectivity index (χ1v) is 6.49. The minimum Gasteiger partial charge on any atom is -0.494 e. The summed E-state index contributed by atoms with van der Waals surface area (Å²) in [6.07, 6.45) is -4.35. The molecule has 0 unspecified atom stereocenters. The maximum absolute atomic E-state index is 12.0. The van der Waals surface area contributed by atoms with E-state index in [1.54, 1.807) is 24.1 Å². The molecule has 21 heavy (non-hydrogen) atoms. The number of hydrogen-bond donors (Lipinski definition) is 1. The second kappa shape index (κ2) is 7.87. The molecule has 4 nitrogen and oxygen atoms in total. The second-order valence-electron chi connectivity index (χ2n) is 4.70. The first-order valence-electron chi connectivity index (χ1n) is 6.49. The standard InChI is InChI=1S/C14H18F3NO3/c1-18(9-7-14(15,16)17)8-2-10-21-12-5-3-11(4-6-12)13(19)20/h3-6H,2,7-10H2,1H3,(H,19,20). The van der Waals surface area contributed by atoms with Crippen LogP contribution in [-0.4, -0.2) is 48.9 Å².